The highest BCUT2D eigenvalue weighted by Crippen LogP contribution is 2.38. The molecular formula is C16H28O2. The van der Waals surface area contributed by atoms with E-state index < -0.39 is 5.97 Å². The molecule has 2 nitrogen and oxygen atoms in total. The van der Waals surface area contributed by atoms with Crippen LogP contribution in [-0.2, 0) is 4.79 Å². The zero-order chi connectivity index (χ0) is 12.8. The summed E-state index contributed by atoms with van der Waals surface area (Å²) >= 11 is 0. The van der Waals surface area contributed by atoms with E-state index >= 15 is 0 Å². The van der Waals surface area contributed by atoms with Crippen molar-refractivity contribution in [3.05, 3.63) is 0 Å². The number of aliphatic carboxylic acids is 1. The third-order valence-electron chi connectivity index (χ3n) is 5.10. The lowest BCUT2D eigenvalue weighted by Crippen LogP contribution is -2.31. The van der Waals surface area contributed by atoms with Crippen molar-refractivity contribution in [1.82, 2.24) is 0 Å². The molecule has 0 aromatic rings. The highest BCUT2D eigenvalue weighted by molar-refractivity contribution is 5.70. The predicted molar refractivity (Wildman–Crippen MR) is 73.5 cm³/mol. The Labute approximate surface area is 111 Å². The Kier molecular flexibility index (Phi) is 5.52. The molecule has 18 heavy (non-hydrogen) atoms. The number of carboxylic acids is 1. The molecule has 104 valence electrons. The van der Waals surface area contributed by atoms with Gasteiger partial charge >= 0.3 is 5.97 Å². The lowest BCUT2D eigenvalue weighted by molar-refractivity contribution is -0.146. The molecule has 0 bridgehead atoms. The maximum absolute atomic E-state index is 11.7. The van der Waals surface area contributed by atoms with Crippen LogP contribution in [0.3, 0.4) is 0 Å². The fourth-order valence-corrected chi connectivity index (χ4v) is 4.13. The van der Waals surface area contributed by atoms with Gasteiger partial charge in [0.25, 0.3) is 0 Å². The average molecular weight is 252 g/mol. The van der Waals surface area contributed by atoms with Crippen LogP contribution in [0.25, 0.3) is 0 Å². The SMILES string of the molecule is O=C(O)C(C1CCCCCC1)C1CCCCCC1. The fourth-order valence-electron chi connectivity index (χ4n) is 4.13. The highest BCUT2D eigenvalue weighted by Gasteiger charge is 2.35. The second-order valence-electron chi connectivity index (χ2n) is 6.37. The Morgan fingerprint density at radius 1 is 0.722 bits per heavy atom. The molecule has 0 amide bonds. The van der Waals surface area contributed by atoms with Gasteiger partial charge < -0.3 is 5.11 Å². The van der Waals surface area contributed by atoms with Crippen LogP contribution in [0.4, 0.5) is 0 Å². The van der Waals surface area contributed by atoms with E-state index in [1.807, 2.05) is 0 Å². The van der Waals surface area contributed by atoms with Crippen LogP contribution < -0.4 is 0 Å². The lowest BCUT2D eigenvalue weighted by atomic mass is 9.75. The molecule has 2 fully saturated rings. The zero-order valence-corrected chi connectivity index (χ0v) is 11.6. The molecule has 0 heterocycles. The van der Waals surface area contributed by atoms with Crippen LogP contribution in [0.2, 0.25) is 0 Å². The van der Waals surface area contributed by atoms with Crippen molar-refractivity contribution in [3.8, 4) is 0 Å². The van der Waals surface area contributed by atoms with Crippen LogP contribution >= 0.6 is 0 Å². The van der Waals surface area contributed by atoms with Gasteiger partial charge in [0.1, 0.15) is 0 Å². The smallest absolute Gasteiger partial charge is 0.307 e. The van der Waals surface area contributed by atoms with Gasteiger partial charge in [0.2, 0.25) is 0 Å². The van der Waals surface area contributed by atoms with Crippen molar-refractivity contribution in [3.63, 3.8) is 0 Å². The molecule has 2 saturated carbocycles. The molecule has 0 aromatic carbocycles. The van der Waals surface area contributed by atoms with E-state index in [0.29, 0.717) is 11.8 Å². The first-order valence-electron chi connectivity index (χ1n) is 8.02. The molecule has 2 heteroatoms. The largest absolute Gasteiger partial charge is 0.481 e. The second kappa shape index (κ2) is 7.16. The molecule has 0 aliphatic heterocycles. The summed E-state index contributed by atoms with van der Waals surface area (Å²) in [5.41, 5.74) is 0. The lowest BCUT2D eigenvalue weighted by Gasteiger charge is -2.29. The Morgan fingerprint density at radius 2 is 1.06 bits per heavy atom. The Morgan fingerprint density at radius 3 is 1.33 bits per heavy atom. The van der Waals surface area contributed by atoms with E-state index in [4.69, 9.17) is 0 Å². The van der Waals surface area contributed by atoms with Gasteiger partial charge in [0.15, 0.2) is 0 Å². The van der Waals surface area contributed by atoms with Crippen LogP contribution in [-0.4, -0.2) is 11.1 Å². The summed E-state index contributed by atoms with van der Waals surface area (Å²) in [6, 6.07) is 0. The van der Waals surface area contributed by atoms with Gasteiger partial charge in [-0.3, -0.25) is 4.79 Å². The highest BCUT2D eigenvalue weighted by atomic mass is 16.4. The van der Waals surface area contributed by atoms with E-state index in [0.717, 1.165) is 25.7 Å². The van der Waals surface area contributed by atoms with Gasteiger partial charge in [-0.05, 0) is 37.5 Å². The Bertz CT molecular complexity index is 226. The molecular weight excluding hydrogens is 224 g/mol. The topological polar surface area (TPSA) is 37.3 Å². The van der Waals surface area contributed by atoms with Gasteiger partial charge in [-0.15, -0.1) is 0 Å². The fraction of sp³-hybridized carbons (Fsp3) is 0.938. The maximum Gasteiger partial charge on any atom is 0.307 e. The normalized spacial score (nSPS) is 24.7. The third-order valence-corrected chi connectivity index (χ3v) is 5.10. The summed E-state index contributed by atoms with van der Waals surface area (Å²) < 4.78 is 0. The van der Waals surface area contributed by atoms with Crippen molar-refractivity contribution in [2.75, 3.05) is 0 Å². The van der Waals surface area contributed by atoms with E-state index in [1.54, 1.807) is 0 Å². The monoisotopic (exact) mass is 252 g/mol. The Hall–Kier alpha value is -0.530. The van der Waals surface area contributed by atoms with Crippen molar-refractivity contribution in [2.45, 2.75) is 77.0 Å². The van der Waals surface area contributed by atoms with E-state index in [-0.39, 0.29) is 5.92 Å². The molecule has 1 N–H and O–H groups in total. The van der Waals surface area contributed by atoms with E-state index in [2.05, 4.69) is 0 Å². The van der Waals surface area contributed by atoms with Crippen molar-refractivity contribution >= 4 is 5.97 Å². The molecule has 0 aromatic heterocycles. The van der Waals surface area contributed by atoms with Gasteiger partial charge in [-0.1, -0.05) is 51.4 Å². The quantitative estimate of drug-likeness (QED) is 0.744. The molecule has 2 aliphatic rings. The minimum atomic E-state index is -0.506. The molecule has 2 aliphatic carbocycles. The summed E-state index contributed by atoms with van der Waals surface area (Å²) in [6.07, 6.45) is 14.9. The summed E-state index contributed by atoms with van der Waals surface area (Å²) in [7, 11) is 0. The maximum atomic E-state index is 11.7. The van der Waals surface area contributed by atoms with Gasteiger partial charge in [0, 0.05) is 0 Å². The number of hydrogen-bond donors (Lipinski definition) is 1. The Balaban J connectivity index is 2.02. The first-order chi connectivity index (χ1) is 8.79. The second-order valence-corrected chi connectivity index (χ2v) is 6.37. The molecule has 0 unspecified atom stereocenters. The van der Waals surface area contributed by atoms with E-state index in [1.165, 1.54) is 51.4 Å². The van der Waals surface area contributed by atoms with Crippen molar-refractivity contribution < 1.29 is 9.90 Å². The molecule has 0 radical (unpaired) electrons. The van der Waals surface area contributed by atoms with Crippen LogP contribution in [0, 0.1) is 17.8 Å². The van der Waals surface area contributed by atoms with Gasteiger partial charge in [-0.25, -0.2) is 0 Å². The minimum Gasteiger partial charge on any atom is -0.481 e. The zero-order valence-electron chi connectivity index (χ0n) is 11.6. The molecule has 0 atom stereocenters. The molecule has 0 spiro atoms. The number of carboxylic acid groups (broad SMARTS) is 1. The van der Waals surface area contributed by atoms with Crippen molar-refractivity contribution in [1.29, 1.82) is 0 Å². The summed E-state index contributed by atoms with van der Waals surface area (Å²) in [6.45, 7) is 0. The van der Waals surface area contributed by atoms with Crippen LogP contribution in [0.1, 0.15) is 77.0 Å². The standard InChI is InChI=1S/C16H28O2/c17-16(18)15(13-9-5-1-2-6-10-13)14-11-7-3-4-8-12-14/h13-15H,1-12H2,(H,17,18). The first kappa shape index (κ1) is 13.9. The van der Waals surface area contributed by atoms with Crippen molar-refractivity contribution in [2.24, 2.45) is 17.8 Å². The third kappa shape index (κ3) is 3.73. The number of carbonyl (C=O) groups is 1. The van der Waals surface area contributed by atoms with E-state index in [9.17, 15) is 9.90 Å². The molecule has 2 rings (SSSR count). The minimum absolute atomic E-state index is 0.0406. The number of rotatable bonds is 3. The summed E-state index contributed by atoms with van der Waals surface area (Å²) in [5.74, 6) is 0.385. The summed E-state index contributed by atoms with van der Waals surface area (Å²) in [5, 5.41) is 9.66. The van der Waals surface area contributed by atoms with Gasteiger partial charge in [-0.2, -0.15) is 0 Å². The van der Waals surface area contributed by atoms with Gasteiger partial charge in [0.05, 0.1) is 5.92 Å². The predicted octanol–water partition coefficient (Wildman–Crippen LogP) is 4.63. The molecule has 0 saturated heterocycles. The average Bonchev–Trinajstić information content (AvgIpc) is 2.74. The number of hydrogen-bond acceptors (Lipinski definition) is 1. The first-order valence-corrected chi connectivity index (χ1v) is 8.02. The van der Waals surface area contributed by atoms with Crippen LogP contribution in [0.5, 0.6) is 0 Å². The summed E-state index contributed by atoms with van der Waals surface area (Å²) in [4.78, 5) is 11.7. The van der Waals surface area contributed by atoms with Crippen LogP contribution in [0.15, 0.2) is 0 Å².